The summed E-state index contributed by atoms with van der Waals surface area (Å²) in [5, 5.41) is 10.4. The van der Waals surface area contributed by atoms with E-state index < -0.39 is 6.10 Å². The number of aromatic nitrogens is 2. The van der Waals surface area contributed by atoms with E-state index in [0.29, 0.717) is 25.2 Å². The van der Waals surface area contributed by atoms with E-state index >= 15 is 0 Å². The van der Waals surface area contributed by atoms with Gasteiger partial charge in [0.05, 0.1) is 17.6 Å². The molecule has 1 aliphatic heterocycles. The van der Waals surface area contributed by atoms with Gasteiger partial charge < -0.3 is 19.7 Å². The third kappa shape index (κ3) is 6.03. The molecule has 1 aromatic heterocycles. The maximum absolute atomic E-state index is 13.4. The maximum Gasteiger partial charge on any atom is 0.125 e. The number of hydrogen-bond donors (Lipinski definition) is 2. The molecule has 1 aliphatic rings. The van der Waals surface area contributed by atoms with Crippen molar-refractivity contribution in [3.8, 4) is 5.75 Å². The van der Waals surface area contributed by atoms with E-state index in [9.17, 15) is 9.50 Å². The van der Waals surface area contributed by atoms with Crippen LogP contribution >= 0.6 is 0 Å². The molecule has 0 spiro atoms. The molecule has 3 aromatic rings. The Labute approximate surface area is 182 Å². The van der Waals surface area contributed by atoms with Crippen molar-refractivity contribution in [1.29, 1.82) is 0 Å². The molecule has 6 nitrogen and oxygen atoms in total. The molecule has 0 unspecified atom stereocenters. The molecular weight excluding hydrogens is 395 g/mol. The number of nitrogens with one attached hydrogen (secondary N) is 1. The van der Waals surface area contributed by atoms with Crippen LogP contribution in [0.25, 0.3) is 11.0 Å². The minimum atomic E-state index is -0.500. The summed E-state index contributed by atoms with van der Waals surface area (Å²) in [6, 6.07) is 12.5. The molecule has 7 heteroatoms. The van der Waals surface area contributed by atoms with E-state index in [-0.39, 0.29) is 12.4 Å². The molecule has 0 saturated carbocycles. The largest absolute Gasteiger partial charge is 0.491 e. The van der Waals surface area contributed by atoms with Crippen LogP contribution in [0.2, 0.25) is 0 Å². The van der Waals surface area contributed by atoms with Crippen molar-refractivity contribution in [2.75, 3.05) is 33.3 Å². The SMILES string of the molecule is CN(Cc1nc2ccc(F)cc2[nH]1)Cc1ccccc1OC[C@@H](O)CN1CCCCC1. The Bertz CT molecular complexity index is 987. The standard InChI is InChI=1S/C24H31FN4O2/c1-28(16-24-26-21-10-9-19(25)13-22(21)27-24)14-18-7-3-4-8-23(18)31-17-20(30)15-29-11-5-2-6-12-29/h3-4,7-10,13,20,30H,2,5-6,11-12,14-17H2,1H3,(H,26,27)/t20-/m0/s1. The molecule has 2 N–H and O–H groups in total. The first-order valence-electron chi connectivity index (χ1n) is 11.0. The van der Waals surface area contributed by atoms with Crippen LogP contribution < -0.4 is 4.74 Å². The summed E-state index contributed by atoms with van der Waals surface area (Å²) in [7, 11) is 2.01. The Kier molecular flexibility index (Phi) is 7.17. The molecule has 1 saturated heterocycles. The normalized spacial score (nSPS) is 16.1. The van der Waals surface area contributed by atoms with E-state index in [4.69, 9.17) is 4.74 Å². The molecule has 1 fully saturated rings. The highest BCUT2D eigenvalue weighted by molar-refractivity contribution is 5.74. The highest BCUT2D eigenvalue weighted by atomic mass is 19.1. The van der Waals surface area contributed by atoms with Gasteiger partial charge in [-0.2, -0.15) is 0 Å². The summed E-state index contributed by atoms with van der Waals surface area (Å²) in [5.74, 6) is 1.31. The van der Waals surface area contributed by atoms with Crippen LogP contribution in [-0.4, -0.2) is 64.3 Å². The summed E-state index contributed by atoms with van der Waals surface area (Å²) < 4.78 is 19.4. The molecular formula is C24H31FN4O2. The third-order valence-electron chi connectivity index (χ3n) is 5.67. The van der Waals surface area contributed by atoms with Gasteiger partial charge in [0.2, 0.25) is 0 Å². The number of piperidine rings is 1. The van der Waals surface area contributed by atoms with Gasteiger partial charge in [-0.15, -0.1) is 0 Å². The molecule has 166 valence electrons. The van der Waals surface area contributed by atoms with Crippen LogP contribution in [-0.2, 0) is 13.1 Å². The predicted molar refractivity (Wildman–Crippen MR) is 119 cm³/mol. The van der Waals surface area contributed by atoms with Crippen molar-refractivity contribution in [3.63, 3.8) is 0 Å². The quantitative estimate of drug-likeness (QED) is 0.548. The number of β-amino-alcohol motifs (C(OH)–C–C–N with tert-alkyl or cyclic N) is 1. The average Bonchev–Trinajstić information content (AvgIpc) is 3.15. The number of ether oxygens (including phenoxy) is 1. The lowest BCUT2D eigenvalue weighted by atomic mass is 10.1. The highest BCUT2D eigenvalue weighted by Gasteiger charge is 2.16. The summed E-state index contributed by atoms with van der Waals surface area (Å²) in [4.78, 5) is 12.2. The summed E-state index contributed by atoms with van der Waals surface area (Å²) in [6.45, 7) is 4.34. The second kappa shape index (κ2) is 10.2. The lowest BCUT2D eigenvalue weighted by Gasteiger charge is -2.28. The summed E-state index contributed by atoms with van der Waals surface area (Å²) in [6.07, 6.45) is 3.21. The molecule has 4 rings (SSSR count). The van der Waals surface area contributed by atoms with E-state index in [1.54, 1.807) is 6.07 Å². The fraction of sp³-hybridized carbons (Fsp3) is 0.458. The zero-order valence-electron chi connectivity index (χ0n) is 18.1. The van der Waals surface area contributed by atoms with Gasteiger partial charge in [-0.25, -0.2) is 9.37 Å². The second-order valence-electron chi connectivity index (χ2n) is 8.45. The third-order valence-corrected chi connectivity index (χ3v) is 5.67. The number of imidazole rings is 1. The molecule has 31 heavy (non-hydrogen) atoms. The number of nitrogens with zero attached hydrogens (tertiary/aromatic N) is 3. The monoisotopic (exact) mass is 426 g/mol. The number of para-hydroxylation sites is 1. The number of aliphatic hydroxyl groups is 1. The van der Waals surface area contributed by atoms with Gasteiger partial charge in [-0.3, -0.25) is 4.90 Å². The fourth-order valence-corrected chi connectivity index (χ4v) is 4.17. The number of benzene rings is 2. The van der Waals surface area contributed by atoms with Crippen molar-refractivity contribution >= 4 is 11.0 Å². The Morgan fingerprint density at radius 3 is 2.81 bits per heavy atom. The number of H-pyrrole nitrogens is 1. The lowest BCUT2D eigenvalue weighted by Crippen LogP contribution is -2.38. The number of hydrogen-bond acceptors (Lipinski definition) is 5. The van der Waals surface area contributed by atoms with Gasteiger partial charge in [0.1, 0.15) is 30.1 Å². The minimum Gasteiger partial charge on any atom is -0.491 e. The van der Waals surface area contributed by atoms with Crippen molar-refractivity contribution < 1.29 is 14.2 Å². The van der Waals surface area contributed by atoms with Gasteiger partial charge in [0.25, 0.3) is 0 Å². The minimum absolute atomic E-state index is 0.274. The number of rotatable bonds is 9. The molecule has 0 bridgehead atoms. The van der Waals surface area contributed by atoms with Gasteiger partial charge in [-0.1, -0.05) is 24.6 Å². The fourth-order valence-electron chi connectivity index (χ4n) is 4.17. The molecule has 0 radical (unpaired) electrons. The summed E-state index contributed by atoms with van der Waals surface area (Å²) in [5.41, 5.74) is 2.52. The van der Waals surface area contributed by atoms with E-state index in [2.05, 4.69) is 19.8 Å². The van der Waals surface area contributed by atoms with Crippen LogP contribution in [0.3, 0.4) is 0 Å². The zero-order chi connectivity index (χ0) is 21.6. The van der Waals surface area contributed by atoms with Crippen molar-refractivity contribution in [1.82, 2.24) is 19.8 Å². The Hall–Kier alpha value is -2.48. The first-order chi connectivity index (χ1) is 15.1. The zero-order valence-corrected chi connectivity index (χ0v) is 18.1. The molecule has 0 aliphatic carbocycles. The molecule has 2 heterocycles. The lowest BCUT2D eigenvalue weighted by molar-refractivity contribution is 0.0612. The molecule has 1 atom stereocenters. The van der Waals surface area contributed by atoms with Crippen molar-refractivity contribution in [2.45, 2.75) is 38.5 Å². The van der Waals surface area contributed by atoms with Gasteiger partial charge in [-0.05, 0) is 57.2 Å². The number of fused-ring (bicyclic) bond motifs is 1. The van der Waals surface area contributed by atoms with E-state index in [0.717, 1.165) is 35.7 Å². The Morgan fingerprint density at radius 1 is 1.16 bits per heavy atom. The maximum atomic E-state index is 13.4. The second-order valence-corrected chi connectivity index (χ2v) is 8.45. The smallest absolute Gasteiger partial charge is 0.125 e. The summed E-state index contributed by atoms with van der Waals surface area (Å²) >= 11 is 0. The number of aliphatic hydroxyl groups excluding tert-OH is 1. The number of halogens is 1. The van der Waals surface area contributed by atoms with Crippen LogP contribution in [0, 0.1) is 5.82 Å². The van der Waals surface area contributed by atoms with Crippen molar-refractivity contribution in [2.24, 2.45) is 0 Å². The first-order valence-corrected chi connectivity index (χ1v) is 11.0. The van der Waals surface area contributed by atoms with Gasteiger partial charge in [0, 0.05) is 18.7 Å². The van der Waals surface area contributed by atoms with E-state index in [1.165, 1.54) is 31.4 Å². The topological polar surface area (TPSA) is 64.6 Å². The number of likely N-dealkylation sites (tertiary alicyclic amines) is 1. The van der Waals surface area contributed by atoms with Crippen LogP contribution in [0.5, 0.6) is 5.75 Å². The average molecular weight is 427 g/mol. The van der Waals surface area contributed by atoms with Crippen LogP contribution in [0.4, 0.5) is 4.39 Å². The van der Waals surface area contributed by atoms with Gasteiger partial charge in [0.15, 0.2) is 0 Å². The van der Waals surface area contributed by atoms with E-state index in [1.807, 2.05) is 31.3 Å². The first kappa shape index (κ1) is 21.7. The molecule has 2 aromatic carbocycles. The van der Waals surface area contributed by atoms with Gasteiger partial charge >= 0.3 is 0 Å². The predicted octanol–water partition coefficient (Wildman–Crippen LogP) is 3.56. The molecule has 0 amide bonds. The Morgan fingerprint density at radius 2 is 1.97 bits per heavy atom. The Balaban J connectivity index is 1.32. The highest BCUT2D eigenvalue weighted by Crippen LogP contribution is 2.21. The van der Waals surface area contributed by atoms with Crippen molar-refractivity contribution in [3.05, 3.63) is 59.7 Å². The number of aromatic amines is 1. The van der Waals surface area contributed by atoms with Crippen LogP contribution in [0.15, 0.2) is 42.5 Å². The van der Waals surface area contributed by atoms with Crippen LogP contribution in [0.1, 0.15) is 30.7 Å².